The van der Waals surface area contributed by atoms with Crippen molar-refractivity contribution in [3.63, 3.8) is 0 Å². The average molecular weight is 352 g/mol. The number of rotatable bonds is 3. The van der Waals surface area contributed by atoms with E-state index in [-0.39, 0.29) is 12.0 Å². The first-order valence-corrected chi connectivity index (χ1v) is 8.50. The van der Waals surface area contributed by atoms with Crippen LogP contribution >= 0.6 is 0 Å². The van der Waals surface area contributed by atoms with Gasteiger partial charge in [-0.15, -0.1) is 0 Å². The van der Waals surface area contributed by atoms with E-state index in [0.717, 1.165) is 11.2 Å². The summed E-state index contributed by atoms with van der Waals surface area (Å²) in [7, 11) is 1.79. The number of hydrogen-bond acceptors (Lipinski definition) is 6. The van der Waals surface area contributed by atoms with Crippen LogP contribution in [0.3, 0.4) is 0 Å². The van der Waals surface area contributed by atoms with Crippen LogP contribution in [-0.4, -0.2) is 56.9 Å². The molecule has 0 aromatic carbocycles. The molecule has 134 valence electrons. The van der Waals surface area contributed by atoms with Crippen LogP contribution < -0.4 is 5.32 Å². The van der Waals surface area contributed by atoms with E-state index in [1.165, 1.54) is 0 Å². The number of nitrogens with zero attached hydrogens (tertiary/aromatic N) is 5. The van der Waals surface area contributed by atoms with Crippen molar-refractivity contribution in [3.05, 3.63) is 53.9 Å². The van der Waals surface area contributed by atoms with Crippen molar-refractivity contribution in [3.8, 4) is 0 Å². The Hall–Kier alpha value is -3.00. The quantitative estimate of drug-likeness (QED) is 0.772. The number of anilines is 1. The minimum atomic E-state index is -0.317. The number of aryl methyl sites for hydroxylation is 1. The molecule has 1 amide bonds. The molecule has 1 N–H and O–H groups in total. The highest BCUT2D eigenvalue weighted by Gasteiger charge is 2.29. The Morgan fingerprint density at radius 3 is 2.96 bits per heavy atom. The molecule has 0 bridgehead atoms. The molecule has 0 radical (unpaired) electrons. The van der Waals surface area contributed by atoms with Gasteiger partial charge in [-0.05, 0) is 18.6 Å². The highest BCUT2D eigenvalue weighted by Crippen LogP contribution is 2.25. The van der Waals surface area contributed by atoms with Crippen LogP contribution in [0, 0.1) is 6.92 Å². The minimum absolute atomic E-state index is 0.102. The van der Waals surface area contributed by atoms with Crippen LogP contribution in [0.5, 0.6) is 0 Å². The highest BCUT2D eigenvalue weighted by atomic mass is 16.5. The van der Waals surface area contributed by atoms with E-state index in [9.17, 15) is 4.79 Å². The standard InChI is InChI=1S/C18H20N6O2/c1-12-3-4-15-22-13(10-24(15)9-12)18(25)23-7-8-26-14(11-23)16-17(19-2)21-6-5-20-16/h3-6,9-10,14H,7-8,11H2,1-2H3,(H,19,21). The van der Waals surface area contributed by atoms with E-state index in [4.69, 9.17) is 4.74 Å². The molecule has 1 aliphatic heterocycles. The van der Waals surface area contributed by atoms with Gasteiger partial charge in [-0.3, -0.25) is 9.78 Å². The molecule has 1 unspecified atom stereocenters. The molecular formula is C18H20N6O2. The van der Waals surface area contributed by atoms with Crippen LogP contribution in [0.1, 0.15) is 27.8 Å². The van der Waals surface area contributed by atoms with Gasteiger partial charge in [-0.2, -0.15) is 0 Å². The third kappa shape index (κ3) is 2.99. The van der Waals surface area contributed by atoms with E-state index in [1.807, 2.05) is 29.7 Å². The molecule has 26 heavy (non-hydrogen) atoms. The number of aromatic nitrogens is 4. The summed E-state index contributed by atoms with van der Waals surface area (Å²) >= 11 is 0. The third-order valence-corrected chi connectivity index (χ3v) is 4.44. The summed E-state index contributed by atoms with van der Waals surface area (Å²) in [5, 5.41) is 3.02. The Labute approximate surface area is 150 Å². The number of imidazole rings is 1. The van der Waals surface area contributed by atoms with E-state index < -0.39 is 0 Å². The van der Waals surface area contributed by atoms with Gasteiger partial charge in [0.2, 0.25) is 0 Å². The fraction of sp³-hybridized carbons (Fsp3) is 0.333. The van der Waals surface area contributed by atoms with E-state index in [0.29, 0.717) is 36.9 Å². The molecule has 0 spiro atoms. The predicted molar refractivity (Wildman–Crippen MR) is 96.1 cm³/mol. The average Bonchev–Trinajstić information content (AvgIpc) is 3.10. The third-order valence-electron chi connectivity index (χ3n) is 4.44. The lowest BCUT2D eigenvalue weighted by molar-refractivity contribution is -0.0246. The molecule has 8 heteroatoms. The lowest BCUT2D eigenvalue weighted by Crippen LogP contribution is -2.42. The maximum absolute atomic E-state index is 12.9. The van der Waals surface area contributed by atoms with Crippen molar-refractivity contribution >= 4 is 17.4 Å². The number of hydrogen-bond donors (Lipinski definition) is 1. The van der Waals surface area contributed by atoms with E-state index >= 15 is 0 Å². The second-order valence-corrected chi connectivity index (χ2v) is 6.25. The number of carbonyl (C=O) groups is 1. The zero-order valence-electron chi connectivity index (χ0n) is 14.7. The number of nitrogens with one attached hydrogen (secondary N) is 1. The van der Waals surface area contributed by atoms with Crippen molar-refractivity contribution in [2.75, 3.05) is 32.1 Å². The van der Waals surface area contributed by atoms with Crippen molar-refractivity contribution in [1.82, 2.24) is 24.3 Å². The van der Waals surface area contributed by atoms with E-state index in [2.05, 4.69) is 20.3 Å². The van der Waals surface area contributed by atoms with Crippen LogP contribution in [-0.2, 0) is 4.74 Å². The molecule has 1 fully saturated rings. The summed E-state index contributed by atoms with van der Waals surface area (Å²) in [5.41, 5.74) is 3.01. The minimum Gasteiger partial charge on any atom is -0.372 e. The number of amides is 1. The fourth-order valence-corrected chi connectivity index (χ4v) is 3.14. The molecule has 1 aliphatic rings. The number of ether oxygens (including phenoxy) is 1. The van der Waals surface area contributed by atoms with Gasteiger partial charge in [0.25, 0.3) is 5.91 Å². The molecule has 0 saturated carbocycles. The van der Waals surface area contributed by atoms with Crippen molar-refractivity contribution in [2.24, 2.45) is 0 Å². The first-order valence-electron chi connectivity index (χ1n) is 8.50. The molecule has 0 aliphatic carbocycles. The molecule has 8 nitrogen and oxygen atoms in total. The normalized spacial score (nSPS) is 17.5. The Bertz CT molecular complexity index is 954. The maximum Gasteiger partial charge on any atom is 0.274 e. The van der Waals surface area contributed by atoms with Crippen molar-refractivity contribution in [2.45, 2.75) is 13.0 Å². The lowest BCUT2D eigenvalue weighted by Gasteiger charge is -2.32. The second kappa shape index (κ2) is 6.72. The Morgan fingerprint density at radius 2 is 2.12 bits per heavy atom. The predicted octanol–water partition coefficient (Wildman–Crippen LogP) is 1.69. The SMILES string of the molecule is CNc1nccnc1C1CN(C(=O)c2cn3cc(C)ccc3n2)CCO1. The molecule has 1 saturated heterocycles. The smallest absolute Gasteiger partial charge is 0.274 e. The van der Waals surface area contributed by atoms with Gasteiger partial charge in [0.1, 0.15) is 29.0 Å². The van der Waals surface area contributed by atoms with Gasteiger partial charge < -0.3 is 19.4 Å². The topological polar surface area (TPSA) is 84.7 Å². The van der Waals surface area contributed by atoms with Gasteiger partial charge in [0, 0.05) is 38.4 Å². The summed E-state index contributed by atoms with van der Waals surface area (Å²) < 4.78 is 7.71. The summed E-state index contributed by atoms with van der Waals surface area (Å²) in [5.74, 6) is 0.560. The summed E-state index contributed by atoms with van der Waals surface area (Å²) in [6.07, 6.45) is 6.67. The zero-order chi connectivity index (χ0) is 18.1. The van der Waals surface area contributed by atoms with Crippen LogP contribution in [0.4, 0.5) is 5.82 Å². The summed E-state index contributed by atoms with van der Waals surface area (Å²) in [6, 6.07) is 3.89. The van der Waals surface area contributed by atoms with Gasteiger partial charge in [-0.1, -0.05) is 6.07 Å². The molecule has 4 heterocycles. The van der Waals surface area contributed by atoms with Gasteiger partial charge >= 0.3 is 0 Å². The first kappa shape index (κ1) is 16.5. The number of fused-ring (bicyclic) bond motifs is 1. The maximum atomic E-state index is 12.9. The van der Waals surface area contributed by atoms with Gasteiger partial charge in [0.15, 0.2) is 0 Å². The zero-order valence-corrected chi connectivity index (χ0v) is 14.7. The van der Waals surface area contributed by atoms with Crippen LogP contribution in [0.2, 0.25) is 0 Å². The molecular weight excluding hydrogens is 332 g/mol. The monoisotopic (exact) mass is 352 g/mol. The molecule has 3 aromatic rings. The first-order chi connectivity index (χ1) is 12.7. The Morgan fingerprint density at radius 1 is 1.27 bits per heavy atom. The highest BCUT2D eigenvalue weighted by molar-refractivity contribution is 5.93. The largest absolute Gasteiger partial charge is 0.372 e. The summed E-state index contributed by atoms with van der Waals surface area (Å²) in [4.78, 5) is 27.8. The molecule has 3 aromatic heterocycles. The van der Waals surface area contributed by atoms with Crippen LogP contribution in [0.15, 0.2) is 36.9 Å². The molecule has 4 rings (SSSR count). The number of pyridine rings is 1. The Balaban J connectivity index is 1.57. The second-order valence-electron chi connectivity index (χ2n) is 6.25. The van der Waals surface area contributed by atoms with Crippen molar-refractivity contribution < 1.29 is 9.53 Å². The lowest BCUT2D eigenvalue weighted by atomic mass is 10.2. The van der Waals surface area contributed by atoms with Gasteiger partial charge in [0.05, 0.1) is 13.2 Å². The molecule has 1 atom stereocenters. The van der Waals surface area contributed by atoms with Gasteiger partial charge in [-0.25, -0.2) is 9.97 Å². The van der Waals surface area contributed by atoms with E-state index in [1.54, 1.807) is 30.5 Å². The fourth-order valence-electron chi connectivity index (χ4n) is 3.14. The number of carbonyl (C=O) groups excluding carboxylic acids is 1. The summed E-state index contributed by atoms with van der Waals surface area (Å²) in [6.45, 7) is 3.40. The Kier molecular flexibility index (Phi) is 4.26. The number of morpholine rings is 1. The van der Waals surface area contributed by atoms with Crippen molar-refractivity contribution in [1.29, 1.82) is 0 Å². The van der Waals surface area contributed by atoms with Crippen LogP contribution in [0.25, 0.3) is 5.65 Å².